The van der Waals surface area contributed by atoms with Gasteiger partial charge in [-0.25, -0.2) is 18.4 Å². The Morgan fingerprint density at radius 3 is 2.59 bits per heavy atom. The zero-order valence-corrected chi connectivity index (χ0v) is 9.71. The standard InChI is InChI=1S/C12H10N2O2S/c15-17(16,12-8-4-6-10-14-12)11-7-3-1-2-5-9-13-11/h1-10H/b2-1-,3-1?,5-2?,7-3-,9-5-,11-7?,13-9?,13-11+. The fourth-order valence-corrected chi connectivity index (χ4v) is 2.38. The second-order valence-corrected chi connectivity index (χ2v) is 5.07. The zero-order chi connectivity index (χ0) is 12.1. The SMILES string of the molecule is O=S(=O)(C1=N/C=C\C=C/C=C\1)c1ccccn1. The summed E-state index contributed by atoms with van der Waals surface area (Å²) in [5, 5.41) is -0.0156. The van der Waals surface area contributed by atoms with Crippen molar-refractivity contribution in [1.82, 2.24) is 4.98 Å². The number of aromatic nitrogens is 1. The molecule has 17 heavy (non-hydrogen) atoms. The lowest BCUT2D eigenvalue weighted by Gasteiger charge is -2.02. The highest BCUT2D eigenvalue weighted by Gasteiger charge is 2.21. The van der Waals surface area contributed by atoms with E-state index in [9.17, 15) is 8.42 Å². The molecular formula is C12H10N2O2S. The summed E-state index contributed by atoms with van der Waals surface area (Å²) in [6, 6.07) is 4.74. The summed E-state index contributed by atoms with van der Waals surface area (Å²) in [5.41, 5.74) is 0. The minimum atomic E-state index is -3.63. The Bertz CT molecular complexity index is 611. The van der Waals surface area contributed by atoms with Crippen LogP contribution in [0.3, 0.4) is 0 Å². The molecule has 0 radical (unpaired) electrons. The minimum Gasteiger partial charge on any atom is -0.244 e. The number of hydrogen-bond acceptors (Lipinski definition) is 4. The van der Waals surface area contributed by atoms with Crippen LogP contribution in [-0.4, -0.2) is 18.4 Å². The molecule has 0 amide bonds. The molecule has 0 saturated carbocycles. The Labute approximate surface area is 99.7 Å². The number of pyridine rings is 1. The van der Waals surface area contributed by atoms with Crippen LogP contribution < -0.4 is 0 Å². The monoisotopic (exact) mass is 246 g/mol. The number of nitrogens with zero attached hydrogens (tertiary/aromatic N) is 2. The van der Waals surface area contributed by atoms with Crippen LogP contribution in [0.4, 0.5) is 0 Å². The molecule has 0 spiro atoms. The number of rotatable bonds is 1. The quantitative estimate of drug-likeness (QED) is 0.760. The third-order valence-electron chi connectivity index (χ3n) is 2.05. The van der Waals surface area contributed by atoms with Gasteiger partial charge in [-0.15, -0.1) is 0 Å². The van der Waals surface area contributed by atoms with Crippen molar-refractivity contribution in [2.24, 2.45) is 4.99 Å². The van der Waals surface area contributed by atoms with E-state index in [4.69, 9.17) is 0 Å². The Morgan fingerprint density at radius 2 is 1.82 bits per heavy atom. The molecule has 1 aliphatic heterocycles. The predicted octanol–water partition coefficient (Wildman–Crippen LogP) is 1.89. The smallest absolute Gasteiger partial charge is 0.241 e. The molecule has 2 rings (SSSR count). The summed E-state index contributed by atoms with van der Waals surface area (Å²) in [7, 11) is -3.63. The summed E-state index contributed by atoms with van der Waals surface area (Å²) in [6.45, 7) is 0. The highest BCUT2D eigenvalue weighted by Crippen LogP contribution is 2.11. The molecule has 0 aliphatic carbocycles. The van der Waals surface area contributed by atoms with E-state index in [1.165, 1.54) is 24.5 Å². The van der Waals surface area contributed by atoms with Gasteiger partial charge in [0.15, 0.2) is 10.1 Å². The van der Waals surface area contributed by atoms with E-state index >= 15 is 0 Å². The van der Waals surface area contributed by atoms with Crippen molar-refractivity contribution in [3.05, 3.63) is 61.0 Å². The molecule has 2 heterocycles. The maximum absolute atomic E-state index is 12.1. The first-order valence-electron chi connectivity index (χ1n) is 4.95. The van der Waals surface area contributed by atoms with E-state index in [2.05, 4.69) is 9.98 Å². The van der Waals surface area contributed by atoms with Gasteiger partial charge in [0.25, 0.3) is 0 Å². The van der Waals surface area contributed by atoms with Crippen molar-refractivity contribution in [3.8, 4) is 0 Å². The molecule has 0 N–H and O–H groups in total. The number of allylic oxidation sites excluding steroid dienone is 4. The first-order valence-corrected chi connectivity index (χ1v) is 6.43. The van der Waals surface area contributed by atoms with Crippen LogP contribution in [-0.2, 0) is 9.84 Å². The predicted molar refractivity (Wildman–Crippen MR) is 66.3 cm³/mol. The highest BCUT2D eigenvalue weighted by molar-refractivity contribution is 8.06. The summed E-state index contributed by atoms with van der Waals surface area (Å²) in [4.78, 5) is 7.74. The van der Waals surface area contributed by atoms with Gasteiger partial charge in [-0.2, -0.15) is 0 Å². The molecule has 86 valence electrons. The van der Waals surface area contributed by atoms with Gasteiger partial charge in [-0.3, -0.25) is 0 Å². The highest BCUT2D eigenvalue weighted by atomic mass is 32.2. The van der Waals surface area contributed by atoms with Gasteiger partial charge in [-0.05, 0) is 24.3 Å². The lowest BCUT2D eigenvalue weighted by molar-refractivity contribution is 0.604. The van der Waals surface area contributed by atoms with E-state index in [-0.39, 0.29) is 10.1 Å². The van der Waals surface area contributed by atoms with Crippen LogP contribution in [0.2, 0.25) is 0 Å². The molecule has 4 nitrogen and oxygen atoms in total. The Morgan fingerprint density at radius 1 is 1.00 bits per heavy atom. The van der Waals surface area contributed by atoms with Gasteiger partial charge in [0.05, 0.1) is 0 Å². The van der Waals surface area contributed by atoms with E-state index in [0.717, 1.165) is 0 Å². The van der Waals surface area contributed by atoms with Crippen molar-refractivity contribution in [3.63, 3.8) is 0 Å². The lowest BCUT2D eigenvalue weighted by Crippen LogP contribution is -2.14. The molecule has 5 heteroatoms. The van der Waals surface area contributed by atoms with E-state index in [1.54, 1.807) is 36.4 Å². The van der Waals surface area contributed by atoms with Crippen molar-refractivity contribution >= 4 is 14.9 Å². The van der Waals surface area contributed by atoms with E-state index in [1.807, 2.05) is 0 Å². The van der Waals surface area contributed by atoms with Crippen LogP contribution in [0.1, 0.15) is 0 Å². The number of hydrogen-bond donors (Lipinski definition) is 0. The van der Waals surface area contributed by atoms with Crippen molar-refractivity contribution in [1.29, 1.82) is 0 Å². The van der Waals surface area contributed by atoms with Crippen LogP contribution in [0.25, 0.3) is 0 Å². The van der Waals surface area contributed by atoms with E-state index in [0.29, 0.717) is 0 Å². The van der Waals surface area contributed by atoms with Gasteiger partial charge < -0.3 is 0 Å². The first-order chi connectivity index (χ1) is 8.21. The topological polar surface area (TPSA) is 59.4 Å². The third kappa shape index (κ3) is 2.57. The van der Waals surface area contributed by atoms with Crippen molar-refractivity contribution in [2.45, 2.75) is 5.03 Å². The molecule has 0 bridgehead atoms. The van der Waals surface area contributed by atoms with Gasteiger partial charge in [0, 0.05) is 12.4 Å². The molecule has 1 aromatic heterocycles. The summed E-state index contributed by atoms with van der Waals surface area (Å²) < 4.78 is 24.3. The van der Waals surface area contributed by atoms with Crippen LogP contribution in [0.15, 0.2) is 71.0 Å². The van der Waals surface area contributed by atoms with Crippen LogP contribution in [0.5, 0.6) is 0 Å². The van der Waals surface area contributed by atoms with Gasteiger partial charge in [0.1, 0.15) is 0 Å². The summed E-state index contributed by atoms with van der Waals surface area (Å²) >= 11 is 0. The number of sulfone groups is 1. The molecule has 1 aromatic rings. The summed E-state index contributed by atoms with van der Waals surface area (Å²) in [6.07, 6.45) is 11.1. The first kappa shape index (κ1) is 11.5. The molecule has 0 aromatic carbocycles. The Hall–Kier alpha value is -2.01. The Kier molecular flexibility index (Phi) is 3.30. The average molecular weight is 246 g/mol. The second kappa shape index (κ2) is 4.88. The zero-order valence-electron chi connectivity index (χ0n) is 8.89. The van der Waals surface area contributed by atoms with Gasteiger partial charge in [-0.1, -0.05) is 24.3 Å². The second-order valence-electron chi connectivity index (χ2n) is 3.22. The average Bonchev–Trinajstić information content (AvgIpc) is 2.29. The Balaban J connectivity index is 2.47. The third-order valence-corrected chi connectivity index (χ3v) is 3.63. The molecule has 0 fully saturated rings. The maximum atomic E-state index is 12.1. The number of aliphatic imine (C=N–C) groups is 1. The lowest BCUT2D eigenvalue weighted by atomic mass is 10.4. The maximum Gasteiger partial charge on any atom is 0.241 e. The van der Waals surface area contributed by atoms with Gasteiger partial charge >= 0.3 is 0 Å². The van der Waals surface area contributed by atoms with Crippen molar-refractivity contribution in [2.75, 3.05) is 0 Å². The van der Waals surface area contributed by atoms with Gasteiger partial charge in [0.2, 0.25) is 9.84 Å². The fraction of sp³-hybridized carbons (Fsp3) is 0. The molecular weight excluding hydrogens is 236 g/mol. The van der Waals surface area contributed by atoms with E-state index < -0.39 is 9.84 Å². The molecule has 0 saturated heterocycles. The van der Waals surface area contributed by atoms with Crippen LogP contribution in [0, 0.1) is 0 Å². The molecule has 1 aliphatic rings. The summed E-state index contributed by atoms with van der Waals surface area (Å²) in [5.74, 6) is 0. The van der Waals surface area contributed by atoms with Crippen molar-refractivity contribution < 1.29 is 8.42 Å². The fourth-order valence-electron chi connectivity index (χ4n) is 1.25. The molecule has 0 unspecified atom stereocenters. The largest absolute Gasteiger partial charge is 0.244 e. The molecule has 0 atom stereocenters. The minimum absolute atomic E-state index is 0.00125. The normalized spacial score (nSPS) is 23.9. The van der Waals surface area contributed by atoms with Crippen LogP contribution >= 0.6 is 0 Å².